The molecule has 0 fully saturated rings. The van der Waals surface area contributed by atoms with Gasteiger partial charge in [-0.3, -0.25) is 4.98 Å². The van der Waals surface area contributed by atoms with E-state index >= 15 is 0 Å². The monoisotopic (exact) mass is 340 g/mol. The summed E-state index contributed by atoms with van der Waals surface area (Å²) in [5.41, 5.74) is 3.81. The van der Waals surface area contributed by atoms with Crippen molar-refractivity contribution in [3.63, 3.8) is 0 Å². The lowest BCUT2D eigenvalue weighted by Gasteiger charge is -2.21. The number of hydrogen-bond donors (Lipinski definition) is 1. The Labute approximate surface area is 133 Å². The maximum atomic E-state index is 4.29. The van der Waals surface area contributed by atoms with Crippen LogP contribution in [-0.2, 0) is 0 Å². The van der Waals surface area contributed by atoms with Crippen LogP contribution in [0.1, 0.15) is 22.7 Å². The molecule has 1 aromatic heterocycles. The van der Waals surface area contributed by atoms with Crippen molar-refractivity contribution in [1.82, 2.24) is 10.3 Å². The summed E-state index contributed by atoms with van der Waals surface area (Å²) < 4.78 is 1.11. The molecule has 21 heavy (non-hydrogen) atoms. The Morgan fingerprint density at radius 3 is 2.71 bits per heavy atom. The van der Waals surface area contributed by atoms with Crippen LogP contribution in [0.5, 0.6) is 0 Å². The number of aromatic nitrogens is 1. The van der Waals surface area contributed by atoms with Gasteiger partial charge in [0.05, 0.1) is 6.04 Å². The van der Waals surface area contributed by atoms with E-state index in [4.69, 9.17) is 0 Å². The standard InChI is InChI=1S/C18H17BrN2/c1-12-10-14(19)6-7-15(12)18(20-2)16-5-3-4-13-8-9-21-11-17(13)16/h3-11,18,20H,1-2H3. The van der Waals surface area contributed by atoms with E-state index in [0.29, 0.717) is 0 Å². The van der Waals surface area contributed by atoms with Crippen molar-refractivity contribution in [2.24, 2.45) is 0 Å². The van der Waals surface area contributed by atoms with Gasteiger partial charge in [-0.05, 0) is 54.2 Å². The van der Waals surface area contributed by atoms with Crippen LogP contribution in [0.15, 0.2) is 59.3 Å². The third kappa shape index (κ3) is 2.71. The fraction of sp³-hybridized carbons (Fsp3) is 0.167. The molecule has 0 aliphatic rings. The van der Waals surface area contributed by atoms with Crippen LogP contribution < -0.4 is 5.32 Å². The third-order valence-electron chi connectivity index (χ3n) is 3.86. The van der Waals surface area contributed by atoms with Crippen LogP contribution in [0, 0.1) is 6.92 Å². The lowest BCUT2D eigenvalue weighted by atomic mass is 9.92. The summed E-state index contributed by atoms with van der Waals surface area (Å²) >= 11 is 3.53. The van der Waals surface area contributed by atoms with E-state index in [-0.39, 0.29) is 6.04 Å². The van der Waals surface area contributed by atoms with Crippen LogP contribution in [0.4, 0.5) is 0 Å². The number of nitrogens with one attached hydrogen (secondary N) is 1. The number of halogens is 1. The summed E-state index contributed by atoms with van der Waals surface area (Å²) in [6.45, 7) is 2.15. The van der Waals surface area contributed by atoms with E-state index in [1.54, 1.807) is 0 Å². The Hall–Kier alpha value is -1.71. The zero-order valence-corrected chi connectivity index (χ0v) is 13.7. The van der Waals surface area contributed by atoms with Crippen molar-refractivity contribution in [3.05, 3.63) is 76.0 Å². The van der Waals surface area contributed by atoms with Crippen molar-refractivity contribution in [3.8, 4) is 0 Å². The van der Waals surface area contributed by atoms with Crippen molar-refractivity contribution in [2.45, 2.75) is 13.0 Å². The fourth-order valence-corrected chi connectivity index (χ4v) is 3.31. The first-order valence-electron chi connectivity index (χ1n) is 6.96. The molecule has 1 atom stereocenters. The molecule has 106 valence electrons. The van der Waals surface area contributed by atoms with E-state index in [2.05, 4.69) is 75.6 Å². The summed E-state index contributed by atoms with van der Waals surface area (Å²) in [4.78, 5) is 4.29. The van der Waals surface area contributed by atoms with Crippen molar-refractivity contribution in [2.75, 3.05) is 7.05 Å². The zero-order valence-electron chi connectivity index (χ0n) is 12.1. The van der Waals surface area contributed by atoms with Gasteiger partial charge in [-0.15, -0.1) is 0 Å². The van der Waals surface area contributed by atoms with Crippen LogP contribution in [-0.4, -0.2) is 12.0 Å². The molecule has 2 nitrogen and oxygen atoms in total. The average Bonchev–Trinajstić information content (AvgIpc) is 2.50. The molecule has 0 aliphatic heterocycles. The SMILES string of the molecule is CNC(c1ccc(Br)cc1C)c1cccc2ccncc12. The Morgan fingerprint density at radius 1 is 1.10 bits per heavy atom. The molecule has 2 aromatic carbocycles. The predicted octanol–water partition coefficient (Wildman–Crippen LogP) is 4.61. The minimum absolute atomic E-state index is 0.158. The molecule has 0 saturated heterocycles. The number of pyridine rings is 1. The van der Waals surface area contributed by atoms with Crippen LogP contribution in [0.25, 0.3) is 10.8 Å². The molecule has 0 saturated carbocycles. The van der Waals surface area contributed by atoms with Crippen LogP contribution >= 0.6 is 15.9 Å². The number of fused-ring (bicyclic) bond motifs is 1. The summed E-state index contributed by atoms with van der Waals surface area (Å²) in [6, 6.07) is 15.0. The first-order valence-corrected chi connectivity index (χ1v) is 7.76. The largest absolute Gasteiger partial charge is 0.309 e. The average molecular weight is 341 g/mol. The second-order valence-electron chi connectivity index (χ2n) is 5.17. The second-order valence-corrected chi connectivity index (χ2v) is 6.08. The number of hydrogen-bond acceptors (Lipinski definition) is 2. The van der Waals surface area contributed by atoms with Gasteiger partial charge in [-0.1, -0.05) is 40.2 Å². The zero-order chi connectivity index (χ0) is 14.8. The van der Waals surface area contributed by atoms with Crippen molar-refractivity contribution >= 4 is 26.7 Å². The molecule has 1 heterocycles. The molecule has 0 radical (unpaired) electrons. The van der Waals surface area contributed by atoms with E-state index in [1.807, 2.05) is 19.4 Å². The van der Waals surface area contributed by atoms with Crippen LogP contribution in [0.3, 0.4) is 0 Å². The number of rotatable bonds is 3. The lowest BCUT2D eigenvalue weighted by Crippen LogP contribution is -2.19. The smallest absolute Gasteiger partial charge is 0.0583 e. The maximum absolute atomic E-state index is 4.29. The van der Waals surface area contributed by atoms with E-state index in [9.17, 15) is 0 Å². The summed E-state index contributed by atoms with van der Waals surface area (Å²) in [6.07, 6.45) is 3.79. The molecule has 3 heteroatoms. The van der Waals surface area contributed by atoms with Gasteiger partial charge in [-0.2, -0.15) is 0 Å². The maximum Gasteiger partial charge on any atom is 0.0583 e. The van der Waals surface area contributed by atoms with Gasteiger partial charge in [0.15, 0.2) is 0 Å². The first kappa shape index (κ1) is 14.2. The quantitative estimate of drug-likeness (QED) is 0.752. The normalized spacial score (nSPS) is 12.5. The van der Waals surface area contributed by atoms with Gasteiger partial charge in [0.1, 0.15) is 0 Å². The fourth-order valence-electron chi connectivity index (χ4n) is 2.83. The molecule has 0 bridgehead atoms. The van der Waals surface area contributed by atoms with E-state index < -0.39 is 0 Å². The Kier molecular flexibility index (Phi) is 4.04. The summed E-state index contributed by atoms with van der Waals surface area (Å²) in [5, 5.41) is 5.86. The molecule has 0 spiro atoms. The molecule has 1 N–H and O–H groups in total. The van der Waals surface area contributed by atoms with E-state index in [1.165, 1.54) is 27.5 Å². The topological polar surface area (TPSA) is 24.9 Å². The van der Waals surface area contributed by atoms with Crippen molar-refractivity contribution < 1.29 is 0 Å². The highest BCUT2D eigenvalue weighted by Gasteiger charge is 2.16. The minimum atomic E-state index is 0.158. The van der Waals surface area contributed by atoms with E-state index in [0.717, 1.165) is 4.47 Å². The number of benzene rings is 2. The third-order valence-corrected chi connectivity index (χ3v) is 4.35. The van der Waals surface area contributed by atoms with Gasteiger partial charge in [-0.25, -0.2) is 0 Å². The van der Waals surface area contributed by atoms with Crippen LogP contribution in [0.2, 0.25) is 0 Å². The molecule has 0 amide bonds. The second kappa shape index (κ2) is 5.96. The lowest BCUT2D eigenvalue weighted by molar-refractivity contribution is 0.692. The summed E-state index contributed by atoms with van der Waals surface area (Å²) in [5.74, 6) is 0. The highest BCUT2D eigenvalue weighted by atomic mass is 79.9. The van der Waals surface area contributed by atoms with Gasteiger partial charge in [0.25, 0.3) is 0 Å². The molecule has 0 aliphatic carbocycles. The number of aryl methyl sites for hydroxylation is 1. The summed E-state index contributed by atoms with van der Waals surface area (Å²) in [7, 11) is 2.00. The Balaban J connectivity index is 2.18. The van der Waals surface area contributed by atoms with Gasteiger partial charge in [0, 0.05) is 22.3 Å². The van der Waals surface area contributed by atoms with Gasteiger partial charge >= 0.3 is 0 Å². The Bertz CT molecular complexity index is 778. The Morgan fingerprint density at radius 2 is 1.95 bits per heavy atom. The van der Waals surface area contributed by atoms with Gasteiger partial charge in [0.2, 0.25) is 0 Å². The number of nitrogens with zero attached hydrogens (tertiary/aromatic N) is 1. The highest BCUT2D eigenvalue weighted by Crippen LogP contribution is 2.31. The van der Waals surface area contributed by atoms with Gasteiger partial charge < -0.3 is 5.32 Å². The molecular formula is C18H17BrN2. The van der Waals surface area contributed by atoms with Crippen molar-refractivity contribution in [1.29, 1.82) is 0 Å². The molecule has 3 aromatic rings. The highest BCUT2D eigenvalue weighted by molar-refractivity contribution is 9.10. The molecule has 3 rings (SSSR count). The molecule has 1 unspecified atom stereocenters. The molecular weight excluding hydrogens is 324 g/mol. The minimum Gasteiger partial charge on any atom is -0.309 e. The predicted molar refractivity (Wildman–Crippen MR) is 91.5 cm³/mol. The first-order chi connectivity index (χ1) is 10.2.